The molecule has 0 spiro atoms. The van der Waals surface area contributed by atoms with Gasteiger partial charge in [-0.05, 0) is 63.4 Å². The van der Waals surface area contributed by atoms with Gasteiger partial charge in [-0.2, -0.15) is 0 Å². The maximum atomic E-state index is 5.24. The molecule has 0 N–H and O–H groups in total. The average molecular weight is 317 g/mol. The molecule has 0 bridgehead atoms. The summed E-state index contributed by atoms with van der Waals surface area (Å²) in [5.74, 6) is 1.59. The van der Waals surface area contributed by atoms with Crippen molar-refractivity contribution in [3.8, 4) is 5.75 Å². The molecule has 1 fully saturated rings. The number of benzene rings is 1. The molecule has 5 heteroatoms. The predicted molar refractivity (Wildman–Crippen MR) is 89.6 cm³/mol. The van der Waals surface area contributed by atoms with E-state index >= 15 is 0 Å². The largest absolute Gasteiger partial charge is 0.497 e. The molecule has 3 rings (SSSR count). The molecule has 0 amide bonds. The molecule has 1 saturated heterocycles. The molecular weight excluding hydrogens is 294 g/mol. The van der Waals surface area contributed by atoms with Crippen LogP contribution in [0.25, 0.3) is 0 Å². The van der Waals surface area contributed by atoms with Crippen molar-refractivity contribution in [2.24, 2.45) is 0 Å². The van der Waals surface area contributed by atoms with E-state index in [-0.39, 0.29) is 0 Å². The van der Waals surface area contributed by atoms with E-state index in [2.05, 4.69) is 46.3 Å². The van der Waals surface area contributed by atoms with Crippen LogP contribution in [0.1, 0.15) is 47.3 Å². The van der Waals surface area contributed by atoms with Gasteiger partial charge in [0.05, 0.1) is 13.2 Å². The molecule has 0 radical (unpaired) electrons. The Labute approximate surface area is 136 Å². The van der Waals surface area contributed by atoms with Gasteiger partial charge in [0.2, 0.25) is 0 Å². The van der Waals surface area contributed by atoms with Gasteiger partial charge in [-0.1, -0.05) is 12.1 Å². The zero-order valence-electron chi connectivity index (χ0n) is 13.5. The summed E-state index contributed by atoms with van der Waals surface area (Å²) < 4.78 is 5.24. The van der Waals surface area contributed by atoms with Gasteiger partial charge >= 0.3 is 0 Å². The highest BCUT2D eigenvalue weighted by Crippen LogP contribution is 2.33. The van der Waals surface area contributed by atoms with E-state index in [0.717, 1.165) is 28.9 Å². The predicted octanol–water partition coefficient (Wildman–Crippen LogP) is 3.80. The number of methoxy groups -OCH3 is 1. The Morgan fingerprint density at radius 3 is 2.41 bits per heavy atom. The highest BCUT2D eigenvalue weighted by atomic mass is 32.1. The van der Waals surface area contributed by atoms with E-state index in [4.69, 9.17) is 4.74 Å². The number of aromatic nitrogens is 2. The van der Waals surface area contributed by atoms with Crippen LogP contribution in [-0.4, -0.2) is 35.3 Å². The topological polar surface area (TPSA) is 38.2 Å². The third kappa shape index (κ3) is 3.31. The van der Waals surface area contributed by atoms with E-state index in [0.29, 0.717) is 12.0 Å². The summed E-state index contributed by atoms with van der Waals surface area (Å²) in [5, 5.41) is 10.6. The molecule has 118 valence electrons. The van der Waals surface area contributed by atoms with Gasteiger partial charge in [-0.3, -0.25) is 4.90 Å². The second-order valence-corrected chi connectivity index (χ2v) is 7.13. The fraction of sp³-hybridized carbons (Fsp3) is 0.529. The fourth-order valence-corrected chi connectivity index (χ4v) is 3.92. The lowest BCUT2D eigenvalue weighted by Crippen LogP contribution is -2.35. The third-order valence-corrected chi connectivity index (χ3v) is 5.57. The van der Waals surface area contributed by atoms with Crippen LogP contribution in [0.15, 0.2) is 24.3 Å². The highest BCUT2D eigenvalue weighted by molar-refractivity contribution is 7.11. The van der Waals surface area contributed by atoms with Crippen LogP contribution in [0.5, 0.6) is 5.75 Å². The maximum absolute atomic E-state index is 5.24. The van der Waals surface area contributed by atoms with Crippen molar-refractivity contribution in [3.05, 3.63) is 39.8 Å². The van der Waals surface area contributed by atoms with Gasteiger partial charge in [-0.15, -0.1) is 21.5 Å². The van der Waals surface area contributed by atoms with E-state index in [9.17, 15) is 0 Å². The molecule has 0 saturated carbocycles. The summed E-state index contributed by atoms with van der Waals surface area (Å²) in [4.78, 5) is 2.53. The van der Waals surface area contributed by atoms with Gasteiger partial charge in [0, 0.05) is 0 Å². The van der Waals surface area contributed by atoms with Crippen LogP contribution in [0.4, 0.5) is 0 Å². The maximum Gasteiger partial charge on any atom is 0.134 e. The standard InChI is InChI=1S/C17H23N3OS/c1-12(17-19-18-13(2)22-17)20-10-8-15(9-11-20)14-4-6-16(21-3)7-5-14/h4-7,12,15H,8-11H2,1-3H3/t12-/m0/s1. The number of nitrogens with zero attached hydrogens (tertiary/aromatic N) is 3. The summed E-state index contributed by atoms with van der Waals surface area (Å²) >= 11 is 1.71. The van der Waals surface area contributed by atoms with Crippen LogP contribution in [0, 0.1) is 6.92 Å². The minimum absolute atomic E-state index is 0.378. The lowest BCUT2D eigenvalue weighted by Gasteiger charge is -2.35. The summed E-state index contributed by atoms with van der Waals surface area (Å²) in [7, 11) is 1.71. The van der Waals surface area contributed by atoms with Crippen molar-refractivity contribution >= 4 is 11.3 Å². The molecule has 1 atom stereocenters. The first-order valence-corrected chi connectivity index (χ1v) is 8.67. The zero-order valence-corrected chi connectivity index (χ0v) is 14.3. The van der Waals surface area contributed by atoms with E-state index in [1.165, 1.54) is 18.4 Å². The summed E-state index contributed by atoms with van der Waals surface area (Å²) in [6.45, 7) is 6.50. The number of ether oxygens (including phenoxy) is 1. The van der Waals surface area contributed by atoms with Gasteiger partial charge in [-0.25, -0.2) is 0 Å². The fourth-order valence-electron chi connectivity index (χ4n) is 3.13. The number of aryl methyl sites for hydroxylation is 1. The number of likely N-dealkylation sites (tertiary alicyclic amines) is 1. The first-order valence-electron chi connectivity index (χ1n) is 7.85. The van der Waals surface area contributed by atoms with Gasteiger partial charge in [0.15, 0.2) is 0 Å². The molecule has 0 aliphatic carbocycles. The first kappa shape index (κ1) is 15.4. The molecular formula is C17H23N3OS. The molecule has 22 heavy (non-hydrogen) atoms. The third-order valence-electron chi connectivity index (χ3n) is 4.56. The summed E-state index contributed by atoms with van der Waals surface area (Å²) in [6.07, 6.45) is 2.41. The monoisotopic (exact) mass is 317 g/mol. The molecule has 1 aromatic heterocycles. The Morgan fingerprint density at radius 1 is 1.18 bits per heavy atom. The highest BCUT2D eigenvalue weighted by Gasteiger charge is 2.26. The van der Waals surface area contributed by atoms with Gasteiger partial charge in [0.25, 0.3) is 0 Å². The minimum atomic E-state index is 0.378. The van der Waals surface area contributed by atoms with E-state index in [1.807, 2.05) is 6.92 Å². The zero-order chi connectivity index (χ0) is 15.5. The molecule has 2 aromatic rings. The Bertz CT molecular complexity index is 603. The molecule has 1 aromatic carbocycles. The van der Waals surface area contributed by atoms with Crippen LogP contribution in [0.3, 0.4) is 0 Å². The Balaban J connectivity index is 1.59. The van der Waals surface area contributed by atoms with Crippen molar-refractivity contribution in [1.82, 2.24) is 15.1 Å². The molecule has 2 heterocycles. The Kier molecular flexibility index (Phi) is 4.74. The second kappa shape index (κ2) is 6.75. The van der Waals surface area contributed by atoms with Crippen molar-refractivity contribution in [2.75, 3.05) is 20.2 Å². The SMILES string of the molecule is COc1ccc(C2CCN([C@@H](C)c3nnc(C)s3)CC2)cc1. The second-order valence-electron chi connectivity index (χ2n) is 5.92. The van der Waals surface area contributed by atoms with Crippen molar-refractivity contribution < 1.29 is 4.74 Å². The number of hydrogen-bond donors (Lipinski definition) is 0. The van der Waals surface area contributed by atoms with E-state index < -0.39 is 0 Å². The summed E-state index contributed by atoms with van der Waals surface area (Å²) in [5.41, 5.74) is 1.43. The lowest BCUT2D eigenvalue weighted by atomic mass is 9.89. The lowest BCUT2D eigenvalue weighted by molar-refractivity contribution is 0.161. The smallest absolute Gasteiger partial charge is 0.134 e. The van der Waals surface area contributed by atoms with Crippen LogP contribution >= 0.6 is 11.3 Å². The molecule has 0 unspecified atom stereocenters. The normalized spacial score (nSPS) is 18.3. The van der Waals surface area contributed by atoms with Gasteiger partial charge < -0.3 is 4.74 Å². The Morgan fingerprint density at radius 2 is 1.86 bits per heavy atom. The van der Waals surface area contributed by atoms with E-state index in [1.54, 1.807) is 18.4 Å². The van der Waals surface area contributed by atoms with Gasteiger partial charge in [0.1, 0.15) is 15.8 Å². The average Bonchev–Trinajstić information content (AvgIpc) is 3.01. The molecule has 1 aliphatic rings. The summed E-state index contributed by atoms with van der Waals surface area (Å²) in [6, 6.07) is 8.92. The Hall–Kier alpha value is -1.46. The minimum Gasteiger partial charge on any atom is -0.497 e. The van der Waals surface area contributed by atoms with Crippen molar-refractivity contribution in [3.63, 3.8) is 0 Å². The first-order chi connectivity index (χ1) is 10.7. The van der Waals surface area contributed by atoms with Crippen molar-refractivity contribution in [2.45, 2.75) is 38.6 Å². The van der Waals surface area contributed by atoms with Crippen LogP contribution in [-0.2, 0) is 0 Å². The quantitative estimate of drug-likeness (QED) is 0.860. The van der Waals surface area contributed by atoms with Crippen LogP contribution in [0.2, 0.25) is 0 Å². The molecule has 1 aliphatic heterocycles. The number of piperidine rings is 1. The number of hydrogen-bond acceptors (Lipinski definition) is 5. The number of rotatable bonds is 4. The van der Waals surface area contributed by atoms with Crippen molar-refractivity contribution in [1.29, 1.82) is 0 Å². The molecule has 4 nitrogen and oxygen atoms in total. The van der Waals surface area contributed by atoms with Crippen LogP contribution < -0.4 is 4.74 Å².